The lowest BCUT2D eigenvalue weighted by molar-refractivity contribution is 0.649. The van der Waals surface area contributed by atoms with Crippen molar-refractivity contribution >= 4 is 13.3 Å². The fraction of sp³-hybridized carbons (Fsp3) is 0.500. The highest BCUT2D eigenvalue weighted by molar-refractivity contribution is 6.89. The summed E-state index contributed by atoms with van der Waals surface area (Å²) in [5, 5.41) is 1.49. The Kier molecular flexibility index (Phi) is 5.40. The zero-order chi connectivity index (χ0) is 17.2. The SMILES string of the molecule is CC(C)Cc1cc(-c2ccc(C(C)C)nc2)ncc1[Si](C)(C)C. The highest BCUT2D eigenvalue weighted by Gasteiger charge is 2.21. The Morgan fingerprint density at radius 3 is 2.13 bits per heavy atom. The van der Waals surface area contributed by atoms with Gasteiger partial charge in [0.1, 0.15) is 0 Å². The van der Waals surface area contributed by atoms with Gasteiger partial charge in [0.2, 0.25) is 0 Å². The van der Waals surface area contributed by atoms with Crippen molar-refractivity contribution in [1.29, 1.82) is 0 Å². The summed E-state index contributed by atoms with van der Waals surface area (Å²) in [6.07, 6.45) is 5.20. The summed E-state index contributed by atoms with van der Waals surface area (Å²) in [7, 11) is -1.37. The van der Waals surface area contributed by atoms with Crippen LogP contribution in [0.15, 0.2) is 30.6 Å². The maximum Gasteiger partial charge on any atom is 0.0799 e. The lowest BCUT2D eigenvalue weighted by Gasteiger charge is -2.22. The van der Waals surface area contributed by atoms with Crippen molar-refractivity contribution < 1.29 is 0 Å². The van der Waals surface area contributed by atoms with Gasteiger partial charge >= 0.3 is 0 Å². The molecule has 2 aromatic heterocycles. The first-order chi connectivity index (χ1) is 10.7. The van der Waals surface area contributed by atoms with Gasteiger partial charge in [0.15, 0.2) is 0 Å². The molecule has 0 saturated heterocycles. The van der Waals surface area contributed by atoms with Crippen LogP contribution in [0.1, 0.15) is 44.9 Å². The highest BCUT2D eigenvalue weighted by Crippen LogP contribution is 2.21. The molecule has 0 fully saturated rings. The van der Waals surface area contributed by atoms with E-state index in [1.807, 2.05) is 6.20 Å². The van der Waals surface area contributed by atoms with Gasteiger partial charge in [-0.15, -0.1) is 0 Å². The highest BCUT2D eigenvalue weighted by atomic mass is 28.3. The van der Waals surface area contributed by atoms with E-state index >= 15 is 0 Å². The Labute approximate surface area is 142 Å². The summed E-state index contributed by atoms with van der Waals surface area (Å²) < 4.78 is 0. The lowest BCUT2D eigenvalue weighted by atomic mass is 10.0. The van der Waals surface area contributed by atoms with Crippen LogP contribution in [0.25, 0.3) is 11.3 Å². The number of pyridine rings is 2. The van der Waals surface area contributed by atoms with Gasteiger partial charge in [-0.1, -0.05) is 47.3 Å². The second-order valence-corrected chi connectivity index (χ2v) is 13.2. The molecule has 0 amide bonds. The maximum atomic E-state index is 4.75. The molecule has 0 bridgehead atoms. The summed E-state index contributed by atoms with van der Waals surface area (Å²) >= 11 is 0. The Balaban J connectivity index is 2.43. The standard InChI is InChI=1S/C20H30N2Si/c1-14(2)10-17-11-19(22-13-20(17)23(5,6)7)16-8-9-18(15(3)4)21-12-16/h8-9,11-15H,10H2,1-7H3. The molecule has 23 heavy (non-hydrogen) atoms. The van der Waals surface area contributed by atoms with E-state index in [0.717, 1.165) is 23.4 Å². The van der Waals surface area contributed by atoms with E-state index < -0.39 is 8.07 Å². The number of hydrogen-bond acceptors (Lipinski definition) is 2. The molecule has 0 aliphatic heterocycles. The summed E-state index contributed by atoms with van der Waals surface area (Å²) in [5.41, 5.74) is 4.76. The summed E-state index contributed by atoms with van der Waals surface area (Å²) in [5.74, 6) is 1.12. The van der Waals surface area contributed by atoms with Crippen molar-refractivity contribution in [3.8, 4) is 11.3 Å². The van der Waals surface area contributed by atoms with Crippen LogP contribution in [0.5, 0.6) is 0 Å². The Morgan fingerprint density at radius 1 is 0.957 bits per heavy atom. The first kappa shape index (κ1) is 17.9. The molecule has 0 radical (unpaired) electrons. The summed E-state index contributed by atoms with van der Waals surface area (Å²) in [4.78, 5) is 9.34. The molecular weight excluding hydrogens is 296 g/mol. The van der Waals surface area contributed by atoms with Crippen molar-refractivity contribution in [3.05, 3.63) is 41.9 Å². The molecule has 2 nitrogen and oxygen atoms in total. The topological polar surface area (TPSA) is 25.8 Å². The van der Waals surface area contributed by atoms with Crippen molar-refractivity contribution in [1.82, 2.24) is 9.97 Å². The van der Waals surface area contributed by atoms with Gasteiger partial charge in [-0.3, -0.25) is 9.97 Å². The van der Waals surface area contributed by atoms with E-state index in [-0.39, 0.29) is 0 Å². The molecule has 2 rings (SSSR count). The zero-order valence-electron chi connectivity index (χ0n) is 15.6. The molecule has 2 heterocycles. The van der Waals surface area contributed by atoms with Crippen molar-refractivity contribution in [3.63, 3.8) is 0 Å². The van der Waals surface area contributed by atoms with Crippen LogP contribution in [0.3, 0.4) is 0 Å². The molecule has 0 aromatic carbocycles. The average Bonchev–Trinajstić information content (AvgIpc) is 2.45. The third kappa shape index (κ3) is 4.50. The van der Waals surface area contributed by atoms with Gasteiger partial charge in [0, 0.05) is 23.7 Å². The molecule has 2 aromatic rings. The van der Waals surface area contributed by atoms with Gasteiger partial charge in [-0.25, -0.2) is 0 Å². The van der Waals surface area contributed by atoms with Crippen LogP contribution < -0.4 is 5.19 Å². The lowest BCUT2D eigenvalue weighted by Crippen LogP contribution is -2.40. The van der Waals surface area contributed by atoms with Crippen LogP contribution in [0.4, 0.5) is 0 Å². The quantitative estimate of drug-likeness (QED) is 0.722. The molecule has 0 aliphatic rings. The van der Waals surface area contributed by atoms with E-state index in [1.54, 1.807) is 0 Å². The monoisotopic (exact) mass is 326 g/mol. The first-order valence-electron chi connectivity index (χ1n) is 8.64. The second kappa shape index (κ2) is 6.96. The minimum Gasteiger partial charge on any atom is -0.260 e. The van der Waals surface area contributed by atoms with E-state index in [2.05, 4.69) is 76.7 Å². The van der Waals surface area contributed by atoms with Crippen LogP contribution in [-0.2, 0) is 6.42 Å². The van der Waals surface area contributed by atoms with Gasteiger partial charge in [-0.05, 0) is 47.2 Å². The van der Waals surface area contributed by atoms with Crippen LogP contribution in [0, 0.1) is 5.92 Å². The minimum absolute atomic E-state index is 0.461. The predicted octanol–water partition coefficient (Wildman–Crippen LogP) is 5.01. The Bertz CT molecular complexity index is 652. The van der Waals surface area contributed by atoms with Crippen molar-refractivity contribution in [2.24, 2.45) is 5.92 Å². The third-order valence-corrected chi connectivity index (χ3v) is 6.17. The fourth-order valence-electron chi connectivity index (χ4n) is 2.84. The molecule has 0 atom stereocenters. The van der Waals surface area contributed by atoms with Gasteiger partial charge < -0.3 is 0 Å². The average molecular weight is 327 g/mol. The van der Waals surface area contributed by atoms with Crippen LogP contribution in [-0.4, -0.2) is 18.0 Å². The smallest absolute Gasteiger partial charge is 0.0799 e. The molecule has 124 valence electrons. The third-order valence-electron chi connectivity index (χ3n) is 4.10. The molecular formula is C20H30N2Si. The number of nitrogens with zero attached hydrogens (tertiary/aromatic N) is 2. The van der Waals surface area contributed by atoms with E-state index in [9.17, 15) is 0 Å². The Hall–Kier alpha value is -1.48. The first-order valence-corrected chi connectivity index (χ1v) is 12.1. The summed E-state index contributed by atoms with van der Waals surface area (Å²) in [6.45, 7) is 16.1. The number of hydrogen-bond donors (Lipinski definition) is 0. The second-order valence-electron chi connectivity index (χ2n) is 8.20. The largest absolute Gasteiger partial charge is 0.260 e. The number of rotatable bonds is 5. The minimum atomic E-state index is -1.37. The van der Waals surface area contributed by atoms with Gasteiger partial charge in [0.25, 0.3) is 0 Å². The normalized spacial score (nSPS) is 12.2. The Morgan fingerprint density at radius 2 is 1.65 bits per heavy atom. The molecule has 0 unspecified atom stereocenters. The maximum absolute atomic E-state index is 4.75. The van der Waals surface area contributed by atoms with Crippen molar-refractivity contribution in [2.45, 2.75) is 59.7 Å². The fourth-order valence-corrected chi connectivity index (χ4v) is 4.43. The van der Waals surface area contributed by atoms with E-state index in [4.69, 9.17) is 4.98 Å². The molecule has 0 aliphatic carbocycles. The van der Waals surface area contributed by atoms with Crippen LogP contribution >= 0.6 is 0 Å². The molecule has 0 N–H and O–H groups in total. The van der Waals surface area contributed by atoms with Gasteiger partial charge in [-0.2, -0.15) is 0 Å². The summed E-state index contributed by atoms with van der Waals surface area (Å²) in [6, 6.07) is 6.56. The van der Waals surface area contributed by atoms with E-state index in [1.165, 1.54) is 10.8 Å². The van der Waals surface area contributed by atoms with E-state index in [0.29, 0.717) is 11.8 Å². The predicted molar refractivity (Wildman–Crippen MR) is 103 cm³/mol. The molecule has 3 heteroatoms. The van der Waals surface area contributed by atoms with Crippen LogP contribution in [0.2, 0.25) is 19.6 Å². The number of aromatic nitrogens is 2. The molecule has 0 spiro atoms. The zero-order valence-corrected chi connectivity index (χ0v) is 16.6. The molecule has 0 saturated carbocycles. The van der Waals surface area contributed by atoms with Gasteiger partial charge in [0.05, 0.1) is 13.8 Å². The van der Waals surface area contributed by atoms with Crippen molar-refractivity contribution in [2.75, 3.05) is 0 Å².